The fourth-order valence-corrected chi connectivity index (χ4v) is 6.91. The zero-order chi connectivity index (χ0) is 25.4. The summed E-state index contributed by atoms with van der Waals surface area (Å²) in [6.07, 6.45) is 0.554. The summed E-state index contributed by atoms with van der Waals surface area (Å²) in [5.41, 5.74) is -2.39. The molecule has 186 valence electrons. The van der Waals surface area contributed by atoms with Crippen molar-refractivity contribution in [1.82, 2.24) is 0 Å². The number of carbonyl (C=O) groups excluding carboxylic acids is 3. The highest BCUT2D eigenvalue weighted by Gasteiger charge is 2.70. The molecular weight excluding hydrogens is 460 g/mol. The van der Waals surface area contributed by atoms with Crippen molar-refractivity contribution < 1.29 is 33.7 Å². The number of benzene rings is 2. The summed E-state index contributed by atoms with van der Waals surface area (Å²) < 4.78 is 17.5. The highest BCUT2D eigenvalue weighted by atomic mass is 16.6. The van der Waals surface area contributed by atoms with Gasteiger partial charge in [0, 0.05) is 17.3 Å². The Hall–Kier alpha value is -3.45. The van der Waals surface area contributed by atoms with E-state index in [4.69, 9.17) is 14.2 Å². The number of cyclic esters (lactones) is 1. The number of esters is 2. The van der Waals surface area contributed by atoms with Crippen LogP contribution in [-0.4, -0.2) is 40.6 Å². The van der Waals surface area contributed by atoms with Crippen LogP contribution in [0.5, 0.6) is 0 Å². The molecule has 2 saturated carbocycles. The molecule has 2 aliphatic heterocycles. The number of Topliss-reactive ketones (excluding diaryl/α,β-unsaturated/α-hetero) is 1. The lowest BCUT2D eigenvalue weighted by molar-refractivity contribution is -0.247. The Morgan fingerprint density at radius 2 is 1.89 bits per heavy atom. The Balaban J connectivity index is 1.45. The Morgan fingerprint density at radius 3 is 2.67 bits per heavy atom. The van der Waals surface area contributed by atoms with Crippen molar-refractivity contribution in [2.24, 2.45) is 17.3 Å². The van der Waals surface area contributed by atoms with Gasteiger partial charge in [-0.05, 0) is 35.7 Å². The van der Waals surface area contributed by atoms with E-state index in [1.807, 2.05) is 37.3 Å². The first-order chi connectivity index (χ1) is 17.2. The number of aliphatic hydroxyl groups is 1. The first-order valence-electron chi connectivity index (χ1n) is 12.5. The van der Waals surface area contributed by atoms with Gasteiger partial charge in [-0.1, -0.05) is 63.6 Å². The maximum atomic E-state index is 13.9. The average Bonchev–Trinajstić information content (AvgIpc) is 3.12. The van der Waals surface area contributed by atoms with E-state index in [0.29, 0.717) is 18.4 Å². The van der Waals surface area contributed by atoms with Gasteiger partial charge in [-0.25, -0.2) is 9.59 Å². The van der Waals surface area contributed by atoms with Crippen molar-refractivity contribution >= 4 is 28.5 Å². The van der Waals surface area contributed by atoms with Gasteiger partial charge >= 0.3 is 11.9 Å². The molecule has 2 heterocycles. The fraction of sp³-hybridized carbons (Fsp3) is 0.414. The molecule has 6 rings (SSSR count). The van der Waals surface area contributed by atoms with E-state index in [1.54, 1.807) is 19.1 Å². The van der Waals surface area contributed by atoms with E-state index in [2.05, 4.69) is 6.58 Å². The molecule has 2 fully saturated rings. The van der Waals surface area contributed by atoms with Crippen LogP contribution in [0.1, 0.15) is 49.9 Å². The zero-order valence-corrected chi connectivity index (χ0v) is 20.3. The molecule has 0 amide bonds. The molecule has 0 unspecified atom stereocenters. The van der Waals surface area contributed by atoms with Gasteiger partial charge < -0.3 is 19.3 Å². The molecule has 0 saturated heterocycles. The van der Waals surface area contributed by atoms with Gasteiger partial charge in [0.15, 0.2) is 23.4 Å². The van der Waals surface area contributed by atoms with Crippen LogP contribution < -0.4 is 0 Å². The standard InChI is InChI=1S/C29H28O7/c1-15-22-25(36-26(31)19-12-11-17-8-4-5-9-18(17)14-19)29(33)13-7-6-10-20(29)28(15,3)24(30)21-23(35-22)16(2)34-27(21)32/h4-5,8-9,11-12,14-15,20,22,25,33H,2,6-7,10,13H2,1,3H3/t15-,20+,22+,25-,28-,29+/m1/s1. The van der Waals surface area contributed by atoms with Gasteiger partial charge in [0.05, 0.1) is 5.56 Å². The minimum absolute atomic E-state index is 0.0143. The molecule has 2 aliphatic carbocycles. The molecule has 36 heavy (non-hydrogen) atoms. The second kappa shape index (κ2) is 7.77. The molecule has 7 nitrogen and oxygen atoms in total. The number of rotatable bonds is 2. The quantitative estimate of drug-likeness (QED) is 0.499. The predicted octanol–water partition coefficient (Wildman–Crippen LogP) is 4.24. The molecular formula is C29H28O7. The smallest absolute Gasteiger partial charge is 0.351 e. The third-order valence-electron chi connectivity index (χ3n) is 8.97. The van der Waals surface area contributed by atoms with Crippen LogP contribution in [0.2, 0.25) is 0 Å². The van der Waals surface area contributed by atoms with Crippen LogP contribution >= 0.6 is 0 Å². The summed E-state index contributed by atoms with van der Waals surface area (Å²) in [6.45, 7) is 7.41. The lowest BCUT2D eigenvalue weighted by Crippen LogP contribution is -2.70. The summed E-state index contributed by atoms with van der Waals surface area (Å²) in [5.74, 6) is -2.80. The van der Waals surface area contributed by atoms with Crippen molar-refractivity contribution in [3.63, 3.8) is 0 Å². The minimum atomic E-state index is -1.49. The number of hydrogen-bond donors (Lipinski definition) is 1. The van der Waals surface area contributed by atoms with Crippen molar-refractivity contribution in [2.45, 2.75) is 57.3 Å². The van der Waals surface area contributed by atoms with Crippen LogP contribution in [-0.2, 0) is 23.8 Å². The highest BCUT2D eigenvalue weighted by Crippen LogP contribution is 2.60. The van der Waals surface area contributed by atoms with Crippen molar-refractivity contribution in [3.05, 3.63) is 71.7 Å². The SMILES string of the molecule is C=C1OC(=O)C2=C1O[C@@H]1[C@@H](OC(=O)c3ccc4ccccc4c3)[C@]3(O)CCCC[C@H]3[C@](C)(C2=O)[C@@H]1C. The summed E-state index contributed by atoms with van der Waals surface area (Å²) in [5, 5.41) is 14.1. The second-order valence-electron chi connectivity index (χ2n) is 10.7. The van der Waals surface area contributed by atoms with E-state index in [1.165, 1.54) is 0 Å². The lowest BCUT2D eigenvalue weighted by Gasteiger charge is -2.59. The van der Waals surface area contributed by atoms with Gasteiger partial charge in [-0.15, -0.1) is 0 Å². The molecule has 0 spiro atoms. The molecule has 2 aromatic rings. The van der Waals surface area contributed by atoms with Crippen molar-refractivity contribution in [3.8, 4) is 0 Å². The number of fused-ring (bicyclic) bond motifs is 5. The van der Waals surface area contributed by atoms with Crippen molar-refractivity contribution in [1.29, 1.82) is 0 Å². The molecule has 4 aliphatic rings. The summed E-state index contributed by atoms with van der Waals surface area (Å²) in [7, 11) is 0. The van der Waals surface area contributed by atoms with Crippen LogP contribution in [0.25, 0.3) is 10.8 Å². The van der Waals surface area contributed by atoms with Gasteiger partial charge in [0.2, 0.25) is 0 Å². The first kappa shape index (κ1) is 23.0. The Bertz CT molecular complexity index is 1370. The van der Waals surface area contributed by atoms with Crippen LogP contribution in [0.15, 0.2) is 66.1 Å². The second-order valence-corrected chi connectivity index (χ2v) is 10.7. The maximum Gasteiger partial charge on any atom is 0.351 e. The third kappa shape index (κ3) is 2.98. The average molecular weight is 489 g/mol. The van der Waals surface area contributed by atoms with Crippen LogP contribution in [0.3, 0.4) is 0 Å². The Kier molecular flexibility index (Phi) is 4.96. The van der Waals surface area contributed by atoms with Gasteiger partial charge in [0.25, 0.3) is 0 Å². The predicted molar refractivity (Wildman–Crippen MR) is 129 cm³/mol. The van der Waals surface area contributed by atoms with E-state index in [-0.39, 0.29) is 17.1 Å². The van der Waals surface area contributed by atoms with E-state index >= 15 is 0 Å². The molecule has 1 N–H and O–H groups in total. The number of carbonyl (C=O) groups is 3. The van der Waals surface area contributed by atoms with E-state index in [9.17, 15) is 19.5 Å². The molecule has 6 atom stereocenters. The lowest BCUT2D eigenvalue weighted by atomic mass is 9.48. The van der Waals surface area contributed by atoms with Crippen LogP contribution in [0.4, 0.5) is 0 Å². The van der Waals surface area contributed by atoms with E-state index in [0.717, 1.165) is 23.6 Å². The van der Waals surface area contributed by atoms with Gasteiger partial charge in [0.1, 0.15) is 17.3 Å². The molecule has 0 radical (unpaired) electrons. The van der Waals surface area contributed by atoms with Crippen molar-refractivity contribution in [2.75, 3.05) is 0 Å². The fourth-order valence-electron chi connectivity index (χ4n) is 6.91. The third-order valence-corrected chi connectivity index (χ3v) is 8.97. The highest BCUT2D eigenvalue weighted by molar-refractivity contribution is 6.22. The number of ether oxygens (including phenoxy) is 3. The summed E-state index contributed by atoms with van der Waals surface area (Å²) in [6, 6.07) is 13.0. The Morgan fingerprint density at radius 1 is 1.14 bits per heavy atom. The largest absolute Gasteiger partial charge is 0.481 e. The normalized spacial score (nSPS) is 35.5. The molecule has 2 aromatic carbocycles. The summed E-state index contributed by atoms with van der Waals surface area (Å²) >= 11 is 0. The zero-order valence-electron chi connectivity index (χ0n) is 20.3. The minimum Gasteiger partial charge on any atom is -0.481 e. The summed E-state index contributed by atoms with van der Waals surface area (Å²) in [4.78, 5) is 40.0. The first-order valence-corrected chi connectivity index (χ1v) is 12.5. The topological polar surface area (TPSA) is 99.1 Å². The maximum absolute atomic E-state index is 13.9. The molecule has 2 bridgehead atoms. The number of hydrogen-bond acceptors (Lipinski definition) is 7. The Labute approximate surface area is 208 Å². The number of ketones is 1. The monoisotopic (exact) mass is 488 g/mol. The molecule has 0 aromatic heterocycles. The van der Waals surface area contributed by atoms with Gasteiger partial charge in [-0.3, -0.25) is 4.79 Å². The molecule has 7 heteroatoms. The van der Waals surface area contributed by atoms with Crippen LogP contribution in [0, 0.1) is 17.3 Å². The van der Waals surface area contributed by atoms with E-state index < -0.39 is 52.8 Å². The van der Waals surface area contributed by atoms with Gasteiger partial charge in [-0.2, -0.15) is 0 Å².